The Morgan fingerprint density at radius 2 is 1.91 bits per heavy atom. The number of imidazole rings is 1. The molecule has 0 amide bonds. The van der Waals surface area contributed by atoms with Crippen LogP contribution in [0.15, 0.2) is 66.7 Å². The number of carboxylic acid groups (broad SMARTS) is 1. The molecule has 0 saturated carbocycles. The molecule has 4 rings (SSSR count). The van der Waals surface area contributed by atoms with Gasteiger partial charge in [-0.05, 0) is 67.1 Å². The van der Waals surface area contributed by atoms with Gasteiger partial charge in [-0.25, -0.2) is 9.78 Å². The first-order chi connectivity index (χ1) is 15.4. The van der Waals surface area contributed by atoms with Crippen molar-refractivity contribution in [1.29, 1.82) is 5.41 Å². The highest BCUT2D eigenvalue weighted by Gasteiger charge is 2.22. The molecule has 170 valence electrons. The van der Waals surface area contributed by atoms with E-state index in [1.807, 2.05) is 37.3 Å². The van der Waals surface area contributed by atoms with Crippen LogP contribution in [0.1, 0.15) is 24.1 Å². The Labute approximate surface area is 196 Å². The largest absolute Gasteiger partial charge is 0.494 e. The predicted molar refractivity (Wildman–Crippen MR) is 131 cm³/mol. The van der Waals surface area contributed by atoms with Crippen molar-refractivity contribution in [3.8, 4) is 17.1 Å². The number of aromatic nitrogens is 2. The van der Waals surface area contributed by atoms with Crippen LogP contribution in [-0.4, -0.2) is 33.5 Å². The molecule has 1 unspecified atom stereocenters. The van der Waals surface area contributed by atoms with Crippen LogP contribution in [0.3, 0.4) is 0 Å². The fourth-order valence-corrected chi connectivity index (χ4v) is 3.47. The van der Waals surface area contributed by atoms with Crippen molar-refractivity contribution < 1.29 is 14.6 Å². The topological polar surface area (TPSA) is 137 Å². The lowest BCUT2D eigenvalue weighted by atomic mass is 10.0. The number of nitrogens with two attached hydrogens (primary N) is 1. The number of benzene rings is 3. The molecular weight excluding hydrogens is 442 g/mol. The molecule has 0 saturated heterocycles. The zero-order valence-corrected chi connectivity index (χ0v) is 18.6. The number of anilines is 1. The summed E-state index contributed by atoms with van der Waals surface area (Å²) >= 11 is 0. The molecule has 8 nitrogen and oxygen atoms in total. The number of aromatic amines is 1. The molecule has 0 bridgehead atoms. The third-order valence-electron chi connectivity index (χ3n) is 4.99. The van der Waals surface area contributed by atoms with E-state index in [0.29, 0.717) is 35.0 Å². The van der Waals surface area contributed by atoms with Gasteiger partial charge in [0.2, 0.25) is 0 Å². The average molecular weight is 466 g/mol. The smallest absolute Gasteiger partial charge is 0.330 e. The Morgan fingerprint density at radius 3 is 2.55 bits per heavy atom. The van der Waals surface area contributed by atoms with E-state index in [1.54, 1.807) is 36.4 Å². The third kappa shape index (κ3) is 5.24. The minimum absolute atomic E-state index is 0. The number of carboxylic acids is 1. The van der Waals surface area contributed by atoms with Gasteiger partial charge in [0.25, 0.3) is 0 Å². The van der Waals surface area contributed by atoms with E-state index in [1.165, 1.54) is 0 Å². The first-order valence-electron chi connectivity index (χ1n) is 10.1. The number of rotatable bonds is 8. The van der Waals surface area contributed by atoms with Crippen molar-refractivity contribution in [3.63, 3.8) is 0 Å². The standard InChI is InChI=1S/C24H23N5O3.ClH/c1-2-32-18-12-15(11-16(13-18)23-28-19-5-3-4-6-20(19)29-23)21(24(30)31)27-17-9-7-14(8-10-17)22(25)26;/h3-13,21,27H,2H2,1H3,(H3,25,26)(H,28,29)(H,30,31);1H. The fourth-order valence-electron chi connectivity index (χ4n) is 3.47. The maximum atomic E-state index is 12.2. The number of fused-ring (bicyclic) bond motifs is 1. The average Bonchev–Trinajstić information content (AvgIpc) is 3.22. The van der Waals surface area contributed by atoms with Crippen molar-refractivity contribution in [2.75, 3.05) is 11.9 Å². The Kier molecular flexibility index (Phi) is 7.20. The quantitative estimate of drug-likeness (QED) is 0.191. The Morgan fingerprint density at radius 1 is 1.18 bits per heavy atom. The number of ether oxygens (including phenoxy) is 1. The van der Waals surface area contributed by atoms with Crippen molar-refractivity contribution in [2.24, 2.45) is 5.73 Å². The molecule has 9 heteroatoms. The minimum atomic E-state index is -1.04. The molecule has 6 N–H and O–H groups in total. The lowest BCUT2D eigenvalue weighted by molar-refractivity contribution is -0.138. The van der Waals surface area contributed by atoms with Gasteiger partial charge in [0.05, 0.1) is 17.6 Å². The second-order valence-corrected chi connectivity index (χ2v) is 7.23. The number of carbonyl (C=O) groups is 1. The highest BCUT2D eigenvalue weighted by molar-refractivity contribution is 5.95. The molecule has 0 aliphatic rings. The van der Waals surface area contributed by atoms with Crippen LogP contribution in [-0.2, 0) is 4.79 Å². The van der Waals surface area contributed by atoms with E-state index in [9.17, 15) is 9.90 Å². The molecule has 1 atom stereocenters. The summed E-state index contributed by atoms with van der Waals surface area (Å²) in [5, 5.41) is 20.5. The van der Waals surface area contributed by atoms with Gasteiger partial charge in [-0.1, -0.05) is 12.1 Å². The number of hydrogen-bond acceptors (Lipinski definition) is 5. The summed E-state index contributed by atoms with van der Waals surface area (Å²) in [5.74, 6) is 0.0977. The molecule has 0 aliphatic heterocycles. The van der Waals surface area contributed by atoms with Gasteiger partial charge in [-0.3, -0.25) is 5.41 Å². The van der Waals surface area contributed by atoms with Crippen LogP contribution in [0.2, 0.25) is 0 Å². The fraction of sp³-hybridized carbons (Fsp3) is 0.125. The molecule has 33 heavy (non-hydrogen) atoms. The zero-order valence-electron chi connectivity index (χ0n) is 17.8. The highest BCUT2D eigenvalue weighted by Crippen LogP contribution is 2.31. The number of nitrogens with zero attached hydrogens (tertiary/aromatic N) is 1. The van der Waals surface area contributed by atoms with Crippen molar-refractivity contribution in [1.82, 2.24) is 9.97 Å². The Bertz CT molecular complexity index is 1250. The van der Waals surface area contributed by atoms with Crippen molar-refractivity contribution in [2.45, 2.75) is 13.0 Å². The zero-order chi connectivity index (χ0) is 22.7. The summed E-state index contributed by atoms with van der Waals surface area (Å²) in [6.45, 7) is 2.32. The molecule has 0 fully saturated rings. The lowest BCUT2D eigenvalue weighted by Gasteiger charge is -2.18. The number of amidine groups is 1. The van der Waals surface area contributed by atoms with Gasteiger partial charge in [0.15, 0.2) is 6.04 Å². The second-order valence-electron chi connectivity index (χ2n) is 7.23. The summed E-state index contributed by atoms with van der Waals surface area (Å²) in [6, 6.07) is 18.7. The lowest BCUT2D eigenvalue weighted by Crippen LogP contribution is -2.21. The van der Waals surface area contributed by atoms with Gasteiger partial charge >= 0.3 is 5.97 Å². The SMILES string of the molecule is CCOc1cc(-c2nc3ccccc3[nH]2)cc(C(Nc2ccc(C(=N)N)cc2)C(=O)O)c1.Cl. The number of H-pyrrole nitrogens is 1. The monoisotopic (exact) mass is 465 g/mol. The molecular formula is C24H24ClN5O3. The Hall–Kier alpha value is -4.04. The summed E-state index contributed by atoms with van der Waals surface area (Å²) in [6.07, 6.45) is 0. The van der Waals surface area contributed by atoms with Crippen LogP contribution in [0.4, 0.5) is 5.69 Å². The van der Waals surface area contributed by atoms with Gasteiger partial charge < -0.3 is 25.9 Å². The van der Waals surface area contributed by atoms with E-state index in [-0.39, 0.29) is 18.2 Å². The molecule has 0 aliphatic carbocycles. The third-order valence-corrected chi connectivity index (χ3v) is 4.99. The first-order valence-corrected chi connectivity index (χ1v) is 10.1. The van der Waals surface area contributed by atoms with Gasteiger partial charge in [-0.2, -0.15) is 0 Å². The van der Waals surface area contributed by atoms with E-state index in [2.05, 4.69) is 15.3 Å². The summed E-state index contributed by atoms with van der Waals surface area (Å²) in [4.78, 5) is 20.1. The van der Waals surface area contributed by atoms with Crippen molar-refractivity contribution >= 4 is 40.9 Å². The summed E-state index contributed by atoms with van der Waals surface area (Å²) in [5.41, 5.74) is 9.61. The summed E-state index contributed by atoms with van der Waals surface area (Å²) < 4.78 is 5.71. The first kappa shape index (κ1) is 23.6. The number of aliphatic carboxylic acids is 1. The van der Waals surface area contributed by atoms with E-state index in [0.717, 1.165) is 16.6 Å². The normalized spacial score (nSPS) is 11.4. The highest BCUT2D eigenvalue weighted by atomic mass is 35.5. The number of para-hydroxylation sites is 2. The number of nitrogen functional groups attached to an aromatic ring is 1. The molecule has 4 aromatic rings. The van der Waals surface area contributed by atoms with Crippen molar-refractivity contribution in [3.05, 3.63) is 77.9 Å². The van der Waals surface area contributed by atoms with Crippen LogP contribution in [0, 0.1) is 5.41 Å². The van der Waals surface area contributed by atoms with Crippen LogP contribution in [0.25, 0.3) is 22.4 Å². The van der Waals surface area contributed by atoms with Gasteiger partial charge in [0, 0.05) is 16.8 Å². The number of nitrogens with one attached hydrogen (secondary N) is 3. The number of halogens is 1. The molecule has 0 radical (unpaired) electrons. The van der Waals surface area contributed by atoms with Crippen LogP contribution >= 0.6 is 12.4 Å². The van der Waals surface area contributed by atoms with E-state index in [4.69, 9.17) is 15.9 Å². The summed E-state index contributed by atoms with van der Waals surface area (Å²) in [7, 11) is 0. The van der Waals surface area contributed by atoms with Gasteiger partial charge in [0.1, 0.15) is 17.4 Å². The molecule has 1 aromatic heterocycles. The Balaban J connectivity index is 0.00000306. The maximum Gasteiger partial charge on any atom is 0.330 e. The van der Waals surface area contributed by atoms with Gasteiger partial charge in [-0.15, -0.1) is 12.4 Å². The molecule has 1 heterocycles. The van der Waals surface area contributed by atoms with E-state index >= 15 is 0 Å². The van der Waals surface area contributed by atoms with E-state index < -0.39 is 12.0 Å². The van der Waals surface area contributed by atoms with Crippen LogP contribution in [0.5, 0.6) is 5.75 Å². The maximum absolute atomic E-state index is 12.2. The molecule has 3 aromatic carbocycles. The molecule has 0 spiro atoms. The van der Waals surface area contributed by atoms with Crippen LogP contribution < -0.4 is 15.8 Å². The number of hydrogen-bond donors (Lipinski definition) is 5. The minimum Gasteiger partial charge on any atom is -0.494 e. The predicted octanol–water partition coefficient (Wildman–Crippen LogP) is 4.57. The second kappa shape index (κ2) is 10.1.